The molecular weight excluding hydrogens is 317 g/mol. The van der Waals surface area contributed by atoms with Crippen LogP contribution >= 0.6 is 0 Å². The minimum Gasteiger partial charge on any atom is -0.490 e. The molecule has 0 saturated heterocycles. The summed E-state index contributed by atoms with van der Waals surface area (Å²) in [5, 5.41) is 13.2. The maximum absolute atomic E-state index is 13.2. The first-order valence-electron chi connectivity index (χ1n) is 6.62. The number of rotatable bonds is 4. The number of hydrazone groups is 1. The molecule has 0 fully saturated rings. The molecule has 1 amide bonds. The van der Waals surface area contributed by atoms with Crippen LogP contribution in [0, 0.1) is 0 Å². The van der Waals surface area contributed by atoms with Crippen LogP contribution in [0.3, 0.4) is 0 Å². The number of nitrogens with one attached hydrogen (secondary N) is 1. The van der Waals surface area contributed by atoms with Gasteiger partial charge in [0.05, 0.1) is 11.2 Å². The van der Waals surface area contributed by atoms with E-state index in [-0.39, 0.29) is 24.5 Å². The molecule has 2 rings (SSSR count). The number of halogens is 3. The first-order valence-corrected chi connectivity index (χ1v) is 6.62. The topological polar surface area (TPSA) is 80.2 Å². The Morgan fingerprint density at radius 3 is 2.61 bits per heavy atom. The molecule has 1 aromatic rings. The maximum Gasteiger partial charge on any atom is 0.428 e. The van der Waals surface area contributed by atoms with Crippen molar-refractivity contribution in [1.29, 1.82) is 0 Å². The van der Waals surface area contributed by atoms with Gasteiger partial charge in [-0.3, -0.25) is 0 Å². The second-order valence-corrected chi connectivity index (χ2v) is 5.56. The summed E-state index contributed by atoms with van der Waals surface area (Å²) in [4.78, 5) is 10.8. The Labute approximate surface area is 129 Å². The van der Waals surface area contributed by atoms with Crippen LogP contribution in [-0.2, 0) is 10.9 Å². The standard InChI is InChI=1S/C14H15F3N2O4/c1-13(2,21)7-23-11-4-3-8(5-9(11)14(15,16)17)10-6-22-12(20)19-18-10/h3-5,21H,6-7H2,1-2H3,(H,19,20). The average molecular weight is 332 g/mol. The fourth-order valence-corrected chi connectivity index (χ4v) is 1.77. The zero-order chi connectivity index (χ0) is 17.3. The number of nitrogens with zero attached hydrogens (tertiary/aromatic N) is 1. The van der Waals surface area contributed by atoms with Gasteiger partial charge in [0.15, 0.2) is 0 Å². The molecule has 9 heteroatoms. The van der Waals surface area contributed by atoms with Gasteiger partial charge in [-0.1, -0.05) is 0 Å². The lowest BCUT2D eigenvalue weighted by molar-refractivity contribution is -0.139. The largest absolute Gasteiger partial charge is 0.490 e. The molecule has 0 unspecified atom stereocenters. The molecular formula is C14H15F3N2O4. The molecule has 1 aliphatic rings. The number of cyclic esters (lactones) is 1. The molecule has 1 aliphatic heterocycles. The second-order valence-electron chi connectivity index (χ2n) is 5.56. The van der Waals surface area contributed by atoms with Gasteiger partial charge in [0.2, 0.25) is 0 Å². The first-order chi connectivity index (χ1) is 10.6. The van der Waals surface area contributed by atoms with Crippen LogP contribution in [-0.4, -0.2) is 35.7 Å². The van der Waals surface area contributed by atoms with E-state index < -0.39 is 29.2 Å². The normalized spacial score (nSPS) is 15.6. The molecule has 0 atom stereocenters. The van der Waals surface area contributed by atoms with Crippen molar-refractivity contribution in [3.63, 3.8) is 0 Å². The Morgan fingerprint density at radius 2 is 2.09 bits per heavy atom. The monoisotopic (exact) mass is 332 g/mol. The number of carbonyl (C=O) groups excluding carboxylic acids is 1. The highest BCUT2D eigenvalue weighted by Gasteiger charge is 2.35. The van der Waals surface area contributed by atoms with Crippen LogP contribution in [0.5, 0.6) is 5.75 Å². The van der Waals surface area contributed by atoms with Gasteiger partial charge in [0.25, 0.3) is 0 Å². The SMILES string of the molecule is CC(C)(O)COc1ccc(C2=NNC(=O)OC2)cc1C(F)(F)F. The third-order valence-corrected chi connectivity index (χ3v) is 2.82. The van der Waals surface area contributed by atoms with Crippen LogP contribution < -0.4 is 10.2 Å². The van der Waals surface area contributed by atoms with Gasteiger partial charge in [0.1, 0.15) is 24.7 Å². The summed E-state index contributed by atoms with van der Waals surface area (Å²) < 4.78 is 49.3. The Bertz CT molecular complexity index is 636. The highest BCUT2D eigenvalue weighted by molar-refractivity contribution is 6.03. The van der Waals surface area contributed by atoms with Gasteiger partial charge < -0.3 is 14.6 Å². The van der Waals surface area contributed by atoms with Gasteiger partial charge in [-0.15, -0.1) is 0 Å². The number of alkyl halides is 3. The number of hydrogen-bond acceptors (Lipinski definition) is 5. The average Bonchev–Trinajstić information content (AvgIpc) is 2.44. The fourth-order valence-electron chi connectivity index (χ4n) is 1.77. The summed E-state index contributed by atoms with van der Waals surface area (Å²) in [6.07, 6.45) is -5.42. The van der Waals surface area contributed by atoms with Crippen LogP contribution in [0.2, 0.25) is 0 Å². The molecule has 2 N–H and O–H groups in total. The van der Waals surface area contributed by atoms with Crippen LogP contribution in [0.1, 0.15) is 25.0 Å². The zero-order valence-corrected chi connectivity index (χ0v) is 12.4. The van der Waals surface area contributed by atoms with Gasteiger partial charge in [-0.2, -0.15) is 18.3 Å². The molecule has 6 nitrogen and oxygen atoms in total. The highest BCUT2D eigenvalue weighted by atomic mass is 19.4. The van der Waals surface area contributed by atoms with E-state index >= 15 is 0 Å². The second kappa shape index (κ2) is 6.07. The summed E-state index contributed by atoms with van der Waals surface area (Å²) in [7, 11) is 0. The Hall–Kier alpha value is -2.29. The van der Waals surface area contributed by atoms with Gasteiger partial charge >= 0.3 is 12.3 Å². The van der Waals surface area contributed by atoms with E-state index in [9.17, 15) is 23.1 Å². The summed E-state index contributed by atoms with van der Waals surface area (Å²) in [5.74, 6) is -0.398. The summed E-state index contributed by atoms with van der Waals surface area (Å²) in [5.41, 5.74) is 0.0608. The lowest BCUT2D eigenvalue weighted by atomic mass is 10.1. The Morgan fingerprint density at radius 1 is 1.39 bits per heavy atom. The molecule has 1 aromatic carbocycles. The highest BCUT2D eigenvalue weighted by Crippen LogP contribution is 2.37. The van der Waals surface area contributed by atoms with Gasteiger partial charge in [-0.25, -0.2) is 10.2 Å². The van der Waals surface area contributed by atoms with Crippen molar-refractivity contribution in [1.82, 2.24) is 5.43 Å². The van der Waals surface area contributed by atoms with Crippen molar-refractivity contribution < 1.29 is 32.5 Å². The molecule has 1 heterocycles. The van der Waals surface area contributed by atoms with E-state index in [0.717, 1.165) is 12.1 Å². The summed E-state index contributed by atoms with van der Waals surface area (Å²) >= 11 is 0. The van der Waals surface area contributed by atoms with Crippen molar-refractivity contribution in [3.05, 3.63) is 29.3 Å². The predicted octanol–water partition coefficient (Wildman–Crippen LogP) is 2.30. The van der Waals surface area contributed by atoms with Crippen molar-refractivity contribution in [3.8, 4) is 5.75 Å². The lowest BCUT2D eigenvalue weighted by Crippen LogP contribution is -2.31. The number of hydrogen-bond donors (Lipinski definition) is 2. The molecule has 0 radical (unpaired) electrons. The van der Waals surface area contributed by atoms with Crippen molar-refractivity contribution in [2.75, 3.05) is 13.2 Å². The number of aliphatic hydroxyl groups is 1. The number of amides is 1. The smallest absolute Gasteiger partial charge is 0.428 e. The van der Waals surface area contributed by atoms with E-state index in [4.69, 9.17) is 4.74 Å². The maximum atomic E-state index is 13.2. The van der Waals surface area contributed by atoms with E-state index in [2.05, 4.69) is 9.84 Å². The number of carbonyl (C=O) groups is 1. The van der Waals surface area contributed by atoms with Crippen LogP contribution in [0.25, 0.3) is 0 Å². The molecule has 23 heavy (non-hydrogen) atoms. The fraction of sp³-hybridized carbons (Fsp3) is 0.429. The third-order valence-electron chi connectivity index (χ3n) is 2.82. The van der Waals surface area contributed by atoms with E-state index in [0.29, 0.717) is 0 Å². The predicted molar refractivity (Wildman–Crippen MR) is 74.3 cm³/mol. The third kappa shape index (κ3) is 4.59. The summed E-state index contributed by atoms with van der Waals surface area (Å²) in [6, 6.07) is 3.37. The zero-order valence-electron chi connectivity index (χ0n) is 12.4. The molecule has 0 bridgehead atoms. The van der Waals surface area contributed by atoms with Gasteiger partial charge in [0, 0.05) is 5.56 Å². The first kappa shape index (κ1) is 17.1. The Kier molecular flexibility index (Phi) is 4.51. The Balaban J connectivity index is 2.33. The quantitative estimate of drug-likeness (QED) is 0.887. The van der Waals surface area contributed by atoms with E-state index in [1.807, 2.05) is 5.43 Å². The van der Waals surface area contributed by atoms with Crippen LogP contribution in [0.15, 0.2) is 23.3 Å². The number of ether oxygens (including phenoxy) is 2. The molecule has 0 saturated carbocycles. The van der Waals surface area contributed by atoms with Crippen molar-refractivity contribution >= 4 is 11.8 Å². The van der Waals surface area contributed by atoms with Gasteiger partial charge in [-0.05, 0) is 32.0 Å². The van der Waals surface area contributed by atoms with Crippen LogP contribution in [0.4, 0.5) is 18.0 Å². The molecule has 126 valence electrons. The minimum atomic E-state index is -4.65. The molecule has 0 aromatic heterocycles. The number of benzene rings is 1. The minimum absolute atomic E-state index is 0.146. The molecule has 0 aliphatic carbocycles. The van der Waals surface area contributed by atoms with E-state index in [1.165, 1.54) is 19.9 Å². The summed E-state index contributed by atoms with van der Waals surface area (Å²) in [6.45, 7) is 2.32. The van der Waals surface area contributed by atoms with E-state index in [1.54, 1.807) is 0 Å². The lowest BCUT2D eigenvalue weighted by Gasteiger charge is -2.21. The van der Waals surface area contributed by atoms with Crippen molar-refractivity contribution in [2.45, 2.75) is 25.6 Å². The van der Waals surface area contributed by atoms with Crippen molar-refractivity contribution in [2.24, 2.45) is 5.10 Å². The molecule has 0 spiro atoms.